The largest absolute Gasteiger partial charge is 0.461 e. The van der Waals surface area contributed by atoms with E-state index in [2.05, 4.69) is 20.5 Å². The summed E-state index contributed by atoms with van der Waals surface area (Å²) >= 11 is 7.70. The molecule has 0 bridgehead atoms. The third-order valence-corrected chi connectivity index (χ3v) is 9.08. The van der Waals surface area contributed by atoms with E-state index in [0.717, 1.165) is 22.4 Å². The number of nitrogens with one attached hydrogen (secondary N) is 2. The minimum absolute atomic E-state index is 0.154. The third-order valence-electron chi connectivity index (χ3n) is 7.78. The maximum Gasteiger partial charge on any atom is 0.374 e. The van der Waals surface area contributed by atoms with E-state index in [9.17, 15) is 19.7 Å². The second-order valence-corrected chi connectivity index (χ2v) is 12.6. The van der Waals surface area contributed by atoms with Crippen molar-refractivity contribution in [3.8, 4) is 0 Å². The van der Waals surface area contributed by atoms with Crippen LogP contribution in [0.1, 0.15) is 62.7 Å². The van der Waals surface area contributed by atoms with E-state index in [1.54, 1.807) is 6.92 Å². The number of aromatic nitrogens is 2. The number of aryl methyl sites for hydroxylation is 1. The SMILES string of the molecule is CB(O)N[C@@H](C)C(=O)O[C@H]1C[C@H](Nc2ncncc2C(=O)c2cc([C@@H]3OCCc4ccc(Cl)cc43)c(C)s2)C[C@@H]1CO. The van der Waals surface area contributed by atoms with Crippen LogP contribution in [0.4, 0.5) is 5.82 Å². The van der Waals surface area contributed by atoms with Crippen molar-refractivity contribution in [1.82, 2.24) is 15.2 Å². The Labute approximate surface area is 254 Å². The second-order valence-electron chi connectivity index (χ2n) is 10.9. The topological polar surface area (TPSA) is 143 Å². The molecule has 1 aromatic carbocycles. The van der Waals surface area contributed by atoms with E-state index < -0.39 is 25.2 Å². The number of halogens is 1. The zero-order chi connectivity index (χ0) is 30.0. The molecule has 1 fully saturated rings. The average molecular weight is 613 g/mol. The molecule has 2 aromatic heterocycles. The molecule has 1 saturated carbocycles. The quantitative estimate of drug-likeness (QED) is 0.152. The molecule has 42 heavy (non-hydrogen) atoms. The number of benzene rings is 1. The number of aliphatic hydroxyl groups is 1. The van der Waals surface area contributed by atoms with Crippen LogP contribution in [0.3, 0.4) is 0 Å². The van der Waals surface area contributed by atoms with Crippen molar-refractivity contribution in [2.45, 2.75) is 64.2 Å². The maximum absolute atomic E-state index is 13.8. The highest BCUT2D eigenvalue weighted by Gasteiger charge is 2.38. The summed E-state index contributed by atoms with van der Waals surface area (Å²) in [6, 6.07) is 6.84. The van der Waals surface area contributed by atoms with Gasteiger partial charge < -0.3 is 30.1 Å². The number of esters is 1. The van der Waals surface area contributed by atoms with Crippen molar-refractivity contribution >= 4 is 47.6 Å². The molecule has 222 valence electrons. The number of fused-ring (bicyclic) bond motifs is 1. The van der Waals surface area contributed by atoms with Gasteiger partial charge in [0.15, 0.2) is 0 Å². The van der Waals surface area contributed by atoms with Crippen LogP contribution in [-0.2, 0) is 20.7 Å². The van der Waals surface area contributed by atoms with Gasteiger partial charge in [-0.1, -0.05) is 17.7 Å². The van der Waals surface area contributed by atoms with Crippen LogP contribution in [0.2, 0.25) is 11.8 Å². The number of ketones is 1. The number of anilines is 1. The normalized spacial score (nSPS) is 22.3. The summed E-state index contributed by atoms with van der Waals surface area (Å²) in [4.78, 5) is 36.3. The van der Waals surface area contributed by atoms with E-state index in [1.807, 2.05) is 31.2 Å². The van der Waals surface area contributed by atoms with Gasteiger partial charge in [-0.3, -0.25) is 9.59 Å². The molecule has 0 spiro atoms. The van der Waals surface area contributed by atoms with Gasteiger partial charge in [-0.25, -0.2) is 9.97 Å². The van der Waals surface area contributed by atoms with Gasteiger partial charge in [0.1, 0.15) is 24.4 Å². The number of thiophene rings is 1. The summed E-state index contributed by atoms with van der Waals surface area (Å²) in [6.45, 7) is 5.54. The first-order valence-electron chi connectivity index (χ1n) is 14.0. The molecule has 1 aliphatic heterocycles. The van der Waals surface area contributed by atoms with Crippen LogP contribution in [0.25, 0.3) is 0 Å². The molecular weight excluding hydrogens is 579 g/mol. The van der Waals surface area contributed by atoms with Crippen LogP contribution in [0.5, 0.6) is 0 Å². The van der Waals surface area contributed by atoms with Crippen molar-refractivity contribution < 1.29 is 29.2 Å². The summed E-state index contributed by atoms with van der Waals surface area (Å²) in [6.07, 6.45) is 3.81. The van der Waals surface area contributed by atoms with Gasteiger partial charge in [-0.15, -0.1) is 11.3 Å². The predicted octanol–water partition coefficient (Wildman–Crippen LogP) is 3.58. The molecule has 0 radical (unpaired) electrons. The summed E-state index contributed by atoms with van der Waals surface area (Å²) in [5.41, 5.74) is 3.47. The lowest BCUT2D eigenvalue weighted by Crippen LogP contribution is -2.45. The monoisotopic (exact) mass is 612 g/mol. The minimum atomic E-state index is -0.861. The fourth-order valence-corrected chi connectivity index (χ4v) is 6.88. The smallest absolute Gasteiger partial charge is 0.374 e. The van der Waals surface area contributed by atoms with Crippen LogP contribution in [0.15, 0.2) is 36.8 Å². The zero-order valence-electron chi connectivity index (χ0n) is 23.7. The molecule has 13 heteroatoms. The number of aliphatic hydroxyl groups excluding tert-OH is 1. The molecule has 0 saturated heterocycles. The van der Waals surface area contributed by atoms with E-state index >= 15 is 0 Å². The molecule has 1 aliphatic carbocycles. The third kappa shape index (κ3) is 6.69. The Bertz CT molecular complexity index is 1460. The van der Waals surface area contributed by atoms with Crippen LogP contribution in [-0.4, -0.2) is 70.3 Å². The van der Waals surface area contributed by atoms with E-state index in [0.29, 0.717) is 40.7 Å². The zero-order valence-corrected chi connectivity index (χ0v) is 25.2. The van der Waals surface area contributed by atoms with Gasteiger partial charge in [0.2, 0.25) is 5.78 Å². The Kier molecular flexibility index (Phi) is 9.61. The van der Waals surface area contributed by atoms with Crippen LogP contribution in [0, 0.1) is 12.8 Å². The molecule has 10 nitrogen and oxygen atoms in total. The Morgan fingerprint density at radius 3 is 2.86 bits per heavy atom. The van der Waals surface area contributed by atoms with Crippen molar-refractivity contribution in [2.75, 3.05) is 18.5 Å². The number of hydrogen-bond acceptors (Lipinski definition) is 11. The highest BCUT2D eigenvalue weighted by molar-refractivity contribution is 7.14. The van der Waals surface area contributed by atoms with Crippen molar-refractivity contribution in [3.05, 3.63) is 73.8 Å². The average Bonchev–Trinajstić information content (AvgIpc) is 3.54. The molecule has 0 unspecified atom stereocenters. The number of hydrogen-bond donors (Lipinski definition) is 4. The van der Waals surface area contributed by atoms with Gasteiger partial charge in [0.05, 0.1) is 23.1 Å². The van der Waals surface area contributed by atoms with Gasteiger partial charge in [-0.05, 0) is 68.4 Å². The Morgan fingerprint density at radius 1 is 1.29 bits per heavy atom. The number of carbonyl (C=O) groups is 2. The summed E-state index contributed by atoms with van der Waals surface area (Å²) in [5.74, 6) is -0.613. The molecular formula is C29H34BClN4O6S. The summed E-state index contributed by atoms with van der Waals surface area (Å²) in [7, 11) is -0.861. The first kappa shape index (κ1) is 30.6. The molecule has 4 N–H and O–H groups in total. The minimum Gasteiger partial charge on any atom is -0.461 e. The molecule has 0 amide bonds. The predicted molar refractivity (Wildman–Crippen MR) is 161 cm³/mol. The number of nitrogens with zero attached hydrogens (tertiary/aromatic N) is 2. The molecule has 2 aliphatic rings. The molecule has 5 rings (SSSR count). The van der Waals surface area contributed by atoms with Crippen molar-refractivity contribution in [1.29, 1.82) is 0 Å². The highest BCUT2D eigenvalue weighted by Crippen LogP contribution is 2.39. The lowest BCUT2D eigenvalue weighted by Gasteiger charge is -2.26. The summed E-state index contributed by atoms with van der Waals surface area (Å²) < 4.78 is 11.8. The van der Waals surface area contributed by atoms with Crippen molar-refractivity contribution in [3.63, 3.8) is 0 Å². The first-order chi connectivity index (χ1) is 20.1. The second kappa shape index (κ2) is 13.2. The number of carbonyl (C=O) groups excluding carboxylic acids is 2. The lowest BCUT2D eigenvalue weighted by molar-refractivity contribution is -0.153. The maximum atomic E-state index is 13.8. The summed E-state index contributed by atoms with van der Waals surface area (Å²) in [5, 5.41) is 26.1. The fraction of sp³-hybridized carbons (Fsp3) is 0.448. The fourth-order valence-electron chi connectivity index (χ4n) is 5.70. The molecule has 5 atom stereocenters. The standard InChI is InChI=1S/C29H34BClN4O6S/c1-15(35-30(3)39)29(38)41-24-10-20(8-18(24)13-36)34-28-23(12-32-14-33-28)26(37)25-11-21(16(2)42-25)27-22-9-19(31)5-4-17(22)6-7-40-27/h4-5,9,11-12,14-15,18,20,24,27,35-36,39H,6-8,10,13H2,1-3H3,(H,32,33,34)/t15-,18+,20+,24-,27-/m0/s1. The van der Waals surface area contributed by atoms with E-state index in [-0.39, 0.29) is 30.5 Å². The number of ether oxygens (including phenoxy) is 2. The Balaban J connectivity index is 1.32. The Morgan fingerprint density at radius 2 is 2.10 bits per heavy atom. The highest BCUT2D eigenvalue weighted by atomic mass is 35.5. The van der Waals surface area contributed by atoms with Crippen LogP contribution < -0.4 is 10.5 Å². The van der Waals surface area contributed by atoms with Crippen molar-refractivity contribution in [2.24, 2.45) is 5.92 Å². The van der Waals surface area contributed by atoms with Gasteiger partial charge in [0.25, 0.3) is 0 Å². The van der Waals surface area contributed by atoms with E-state index in [1.165, 1.54) is 36.2 Å². The Hall–Kier alpha value is -2.87. The molecule has 3 heterocycles. The lowest BCUT2D eigenvalue weighted by atomic mass is 9.87. The first-order valence-corrected chi connectivity index (χ1v) is 15.2. The van der Waals surface area contributed by atoms with Gasteiger partial charge in [0, 0.05) is 41.1 Å². The molecule has 3 aromatic rings. The van der Waals surface area contributed by atoms with E-state index in [4.69, 9.17) is 21.1 Å². The van der Waals surface area contributed by atoms with Crippen LogP contribution >= 0.6 is 22.9 Å². The van der Waals surface area contributed by atoms with Gasteiger partial charge >= 0.3 is 13.0 Å². The number of rotatable bonds is 10. The van der Waals surface area contributed by atoms with Gasteiger partial charge in [-0.2, -0.15) is 0 Å².